The zero-order chi connectivity index (χ0) is 26.5. The molecule has 0 N–H and O–H groups in total. The third-order valence-electron chi connectivity index (χ3n) is 6.69. The number of hydrogen-bond donors (Lipinski definition) is 0. The number of nitrogens with zero attached hydrogens (tertiary/aromatic N) is 1. The molecule has 3 aromatic rings. The molecule has 8 heteroatoms. The highest BCUT2D eigenvalue weighted by molar-refractivity contribution is 7.92. The number of likely N-dealkylation sites (tertiary alicyclic amines) is 1. The number of amides is 1. The number of methoxy groups -OCH3 is 1. The molecule has 1 aliphatic rings. The largest absolute Gasteiger partial charge is 0.467 e. The molecule has 0 unspecified atom stereocenters. The van der Waals surface area contributed by atoms with Crippen molar-refractivity contribution >= 4 is 21.9 Å². The maximum absolute atomic E-state index is 13.7. The molecule has 1 aliphatic heterocycles. The number of benzene rings is 3. The molecule has 37 heavy (non-hydrogen) atoms. The summed E-state index contributed by atoms with van der Waals surface area (Å²) in [6, 6.07) is 24.9. The lowest BCUT2D eigenvalue weighted by molar-refractivity contribution is -0.145. The number of ether oxygens (including phenoxy) is 2. The Balaban J connectivity index is 1.71. The first-order chi connectivity index (χ1) is 17.8. The highest BCUT2D eigenvalue weighted by Crippen LogP contribution is 2.44. The van der Waals surface area contributed by atoms with Gasteiger partial charge in [-0.1, -0.05) is 91.0 Å². The lowest BCUT2D eigenvalue weighted by Crippen LogP contribution is -2.43. The molecule has 3 aromatic carbocycles. The maximum Gasteiger partial charge on any atom is 0.410 e. The first-order valence-corrected chi connectivity index (χ1v) is 13.5. The molecule has 0 aromatic heterocycles. The number of rotatable bonds is 8. The number of carbonyl (C=O) groups excluding carboxylic acids is 2. The molecular weight excluding hydrogens is 490 g/mol. The van der Waals surface area contributed by atoms with Gasteiger partial charge in [-0.25, -0.2) is 18.0 Å². The molecule has 2 atom stereocenters. The van der Waals surface area contributed by atoms with Crippen LogP contribution in [0.1, 0.15) is 17.5 Å². The molecule has 7 nitrogen and oxygen atoms in total. The minimum Gasteiger partial charge on any atom is -0.467 e. The summed E-state index contributed by atoms with van der Waals surface area (Å²) in [5, 5.41) is 0. The van der Waals surface area contributed by atoms with E-state index >= 15 is 0 Å². The zero-order valence-electron chi connectivity index (χ0n) is 20.6. The molecule has 0 bridgehead atoms. The van der Waals surface area contributed by atoms with Crippen LogP contribution in [0, 0.1) is 0 Å². The second-order valence-electron chi connectivity index (χ2n) is 8.92. The summed E-state index contributed by atoms with van der Waals surface area (Å²) < 4.78 is 36.3. The van der Waals surface area contributed by atoms with Gasteiger partial charge in [0.15, 0.2) is 9.84 Å². The van der Waals surface area contributed by atoms with Crippen molar-refractivity contribution in [1.82, 2.24) is 4.90 Å². The van der Waals surface area contributed by atoms with Crippen LogP contribution in [-0.4, -0.2) is 50.8 Å². The molecule has 4 rings (SSSR count). The summed E-state index contributed by atoms with van der Waals surface area (Å²) in [6.07, 6.45) is 0.385. The molecule has 0 saturated carbocycles. The van der Waals surface area contributed by atoms with Gasteiger partial charge in [0.25, 0.3) is 0 Å². The van der Waals surface area contributed by atoms with Gasteiger partial charge >= 0.3 is 12.1 Å². The van der Waals surface area contributed by atoms with E-state index in [1.807, 2.05) is 72.8 Å². The van der Waals surface area contributed by atoms with E-state index in [0.29, 0.717) is 5.56 Å². The van der Waals surface area contributed by atoms with Crippen LogP contribution in [0.5, 0.6) is 0 Å². The number of sulfone groups is 1. The van der Waals surface area contributed by atoms with Gasteiger partial charge in [0, 0.05) is 13.0 Å². The minimum absolute atomic E-state index is 0.0117. The summed E-state index contributed by atoms with van der Waals surface area (Å²) in [5.74, 6) is -1.01. The van der Waals surface area contributed by atoms with Crippen LogP contribution >= 0.6 is 0 Å². The zero-order valence-corrected chi connectivity index (χ0v) is 21.4. The van der Waals surface area contributed by atoms with Gasteiger partial charge in [0.2, 0.25) is 0 Å². The Hall–Kier alpha value is -3.91. The van der Waals surface area contributed by atoms with Crippen molar-refractivity contribution in [3.63, 3.8) is 0 Å². The topological polar surface area (TPSA) is 90.0 Å². The quantitative estimate of drug-likeness (QED) is 0.316. The van der Waals surface area contributed by atoms with E-state index < -0.39 is 32.7 Å². The van der Waals surface area contributed by atoms with Crippen LogP contribution in [0.3, 0.4) is 0 Å². The fraction of sp³-hybridized carbons (Fsp3) is 0.241. The van der Waals surface area contributed by atoms with E-state index in [2.05, 4.69) is 6.58 Å². The molecule has 1 amide bonds. The summed E-state index contributed by atoms with van der Waals surface area (Å²) >= 11 is 0. The SMILES string of the molecule is C=CCS(=O)(=O)[C@@]1(c2ccc(-c3ccccc3)cc2)C[C@@H](C(=O)OC)N(C(=O)OCc2ccccc2)C1. The van der Waals surface area contributed by atoms with E-state index in [0.717, 1.165) is 16.7 Å². The lowest BCUT2D eigenvalue weighted by Gasteiger charge is -2.29. The minimum atomic E-state index is -3.89. The number of hydrogen-bond acceptors (Lipinski definition) is 6. The molecule has 192 valence electrons. The van der Waals surface area contributed by atoms with E-state index in [1.54, 1.807) is 12.1 Å². The van der Waals surface area contributed by atoms with Crippen LogP contribution in [0.4, 0.5) is 4.79 Å². The van der Waals surface area contributed by atoms with Crippen LogP contribution in [0.15, 0.2) is 97.6 Å². The Morgan fingerprint density at radius 3 is 2.16 bits per heavy atom. The van der Waals surface area contributed by atoms with E-state index in [9.17, 15) is 18.0 Å². The van der Waals surface area contributed by atoms with Gasteiger partial charge in [-0.15, -0.1) is 6.58 Å². The van der Waals surface area contributed by atoms with Gasteiger partial charge in [-0.3, -0.25) is 4.90 Å². The Kier molecular flexibility index (Phi) is 7.78. The molecule has 0 spiro atoms. The van der Waals surface area contributed by atoms with Crippen LogP contribution in [0.25, 0.3) is 11.1 Å². The Labute approximate surface area is 217 Å². The first kappa shape index (κ1) is 26.2. The second kappa shape index (κ2) is 11.0. The van der Waals surface area contributed by atoms with Gasteiger partial charge < -0.3 is 9.47 Å². The van der Waals surface area contributed by atoms with Gasteiger partial charge in [-0.2, -0.15) is 0 Å². The van der Waals surface area contributed by atoms with Crippen molar-refractivity contribution in [2.75, 3.05) is 19.4 Å². The highest BCUT2D eigenvalue weighted by atomic mass is 32.2. The summed E-state index contributed by atoms with van der Waals surface area (Å²) in [7, 11) is -2.67. The number of esters is 1. The van der Waals surface area contributed by atoms with Crippen molar-refractivity contribution in [3.05, 3.63) is 109 Å². The highest BCUT2D eigenvalue weighted by Gasteiger charge is 2.57. The first-order valence-electron chi connectivity index (χ1n) is 11.9. The summed E-state index contributed by atoms with van der Waals surface area (Å²) in [6.45, 7) is 3.35. The molecule has 1 fully saturated rings. The normalized spacial score (nSPS) is 19.3. The van der Waals surface area contributed by atoms with Crippen LogP contribution in [-0.2, 0) is 35.5 Å². The average molecular weight is 520 g/mol. The van der Waals surface area contributed by atoms with Crippen molar-refractivity contribution in [2.24, 2.45) is 0 Å². The van der Waals surface area contributed by atoms with E-state index in [4.69, 9.17) is 9.47 Å². The molecule has 0 radical (unpaired) electrons. The Morgan fingerprint density at radius 1 is 0.973 bits per heavy atom. The number of carbonyl (C=O) groups is 2. The lowest BCUT2D eigenvalue weighted by atomic mass is 9.93. The monoisotopic (exact) mass is 519 g/mol. The predicted molar refractivity (Wildman–Crippen MR) is 141 cm³/mol. The van der Waals surface area contributed by atoms with Crippen molar-refractivity contribution in [3.8, 4) is 11.1 Å². The summed E-state index contributed by atoms with van der Waals surface area (Å²) in [5.41, 5.74) is 3.16. The standard InChI is InChI=1S/C29H29NO6S/c1-3-18-37(33,34)29(25-16-14-24(15-17-25)23-12-8-5-9-13-23)19-26(27(31)35-2)30(21-29)28(32)36-20-22-10-6-4-7-11-22/h3-17,26H,1,18-21H2,2H3/t26-,29-/m0/s1. The Morgan fingerprint density at radius 2 is 1.57 bits per heavy atom. The Bertz CT molecular complexity index is 1360. The summed E-state index contributed by atoms with van der Waals surface area (Å²) in [4.78, 5) is 27.1. The van der Waals surface area contributed by atoms with Crippen molar-refractivity contribution < 1.29 is 27.5 Å². The fourth-order valence-corrected chi connectivity index (χ4v) is 6.61. The smallest absolute Gasteiger partial charge is 0.410 e. The fourth-order valence-electron chi connectivity index (χ4n) is 4.74. The van der Waals surface area contributed by atoms with Gasteiger partial charge in [0.1, 0.15) is 17.4 Å². The molecule has 1 saturated heterocycles. The average Bonchev–Trinajstić information content (AvgIpc) is 3.35. The van der Waals surface area contributed by atoms with Gasteiger partial charge in [-0.05, 0) is 22.3 Å². The van der Waals surface area contributed by atoms with Crippen LogP contribution in [0.2, 0.25) is 0 Å². The molecular formula is C29H29NO6S. The van der Waals surface area contributed by atoms with Crippen LogP contribution < -0.4 is 0 Å². The molecule has 0 aliphatic carbocycles. The predicted octanol–water partition coefficient (Wildman–Crippen LogP) is 4.73. The third kappa shape index (κ3) is 5.29. The second-order valence-corrected chi connectivity index (χ2v) is 11.3. The van der Waals surface area contributed by atoms with E-state index in [-0.39, 0.29) is 25.3 Å². The van der Waals surface area contributed by atoms with Gasteiger partial charge in [0.05, 0.1) is 12.9 Å². The van der Waals surface area contributed by atoms with Crippen molar-refractivity contribution in [1.29, 1.82) is 0 Å². The third-order valence-corrected chi connectivity index (χ3v) is 9.09. The molecule has 1 heterocycles. The maximum atomic E-state index is 13.7. The van der Waals surface area contributed by atoms with Crippen molar-refractivity contribution in [2.45, 2.75) is 23.8 Å². The van der Waals surface area contributed by atoms with E-state index in [1.165, 1.54) is 18.1 Å².